The van der Waals surface area contributed by atoms with E-state index in [0.29, 0.717) is 17.8 Å². The van der Waals surface area contributed by atoms with Crippen molar-refractivity contribution in [2.24, 2.45) is 29.5 Å². The Morgan fingerprint density at radius 3 is 2.57 bits per heavy atom. The second-order valence-electron chi connectivity index (χ2n) is 4.94. The molecule has 0 bridgehead atoms. The first-order valence-electron chi connectivity index (χ1n) is 5.56. The smallest absolute Gasteiger partial charge is 0.237 e. The van der Waals surface area contributed by atoms with Crippen LogP contribution in [0.2, 0.25) is 0 Å². The minimum atomic E-state index is 0.0234. The van der Waals surface area contributed by atoms with Gasteiger partial charge in [-0.1, -0.05) is 27.2 Å². The molecule has 0 aromatic carbocycles. The third kappa shape index (κ3) is 2.47. The molecule has 0 unspecified atom stereocenters. The van der Waals surface area contributed by atoms with E-state index in [1.54, 1.807) is 0 Å². The van der Waals surface area contributed by atoms with Crippen molar-refractivity contribution in [3.05, 3.63) is 0 Å². The van der Waals surface area contributed by atoms with E-state index in [9.17, 15) is 4.79 Å². The number of carbonyl (C=O) groups excluding carboxylic acids is 1. The monoisotopic (exact) mass is 198 g/mol. The number of carbonyl (C=O) groups is 1. The maximum atomic E-state index is 11.6. The van der Waals surface area contributed by atoms with Crippen LogP contribution in [0.3, 0.4) is 0 Å². The lowest BCUT2D eigenvalue weighted by molar-refractivity contribution is -0.129. The molecule has 0 aromatic rings. The molecule has 3 N–H and O–H groups in total. The molecular formula is C11H22N2O. The first kappa shape index (κ1) is 11.5. The Balaban J connectivity index is 2.68. The average molecular weight is 198 g/mol. The average Bonchev–Trinajstić information content (AvgIpc) is 2.16. The van der Waals surface area contributed by atoms with Crippen LogP contribution in [0.4, 0.5) is 0 Å². The Morgan fingerprint density at radius 2 is 2.07 bits per heavy atom. The van der Waals surface area contributed by atoms with Gasteiger partial charge in [0.05, 0.1) is 0 Å². The molecule has 1 amide bonds. The highest BCUT2D eigenvalue weighted by Gasteiger charge is 2.34. The fourth-order valence-electron chi connectivity index (χ4n) is 2.61. The van der Waals surface area contributed by atoms with Crippen molar-refractivity contribution in [3.8, 4) is 0 Å². The molecule has 1 saturated carbocycles. The van der Waals surface area contributed by atoms with Crippen LogP contribution in [0.25, 0.3) is 0 Å². The fraction of sp³-hybridized carbons (Fsp3) is 0.909. The highest BCUT2D eigenvalue weighted by molar-refractivity contribution is 5.78. The van der Waals surface area contributed by atoms with Crippen LogP contribution in [0.1, 0.15) is 40.0 Å². The SMILES string of the molecule is CC(C)[C@@H]1CC[C@@H](C)C[C@H]1C(=O)NN. The molecule has 3 nitrogen and oxygen atoms in total. The van der Waals surface area contributed by atoms with E-state index in [4.69, 9.17) is 5.84 Å². The molecule has 3 heteroatoms. The van der Waals surface area contributed by atoms with Gasteiger partial charge in [-0.3, -0.25) is 10.2 Å². The van der Waals surface area contributed by atoms with Gasteiger partial charge in [-0.2, -0.15) is 0 Å². The maximum Gasteiger partial charge on any atom is 0.237 e. The molecule has 82 valence electrons. The van der Waals surface area contributed by atoms with Gasteiger partial charge < -0.3 is 0 Å². The molecule has 14 heavy (non-hydrogen) atoms. The van der Waals surface area contributed by atoms with Gasteiger partial charge in [0.2, 0.25) is 5.91 Å². The highest BCUT2D eigenvalue weighted by Crippen LogP contribution is 2.37. The minimum absolute atomic E-state index is 0.0234. The molecule has 0 aromatic heterocycles. The molecule has 0 radical (unpaired) electrons. The predicted octanol–water partition coefficient (Wildman–Crippen LogP) is 1.68. The van der Waals surface area contributed by atoms with Crippen LogP contribution in [0.15, 0.2) is 0 Å². The molecule has 1 rings (SSSR count). The number of hydrazine groups is 1. The van der Waals surface area contributed by atoms with Crippen LogP contribution in [0.5, 0.6) is 0 Å². The standard InChI is InChI=1S/C11H22N2O/c1-7(2)9-5-4-8(3)6-10(9)11(14)13-12/h7-10H,4-6,12H2,1-3H3,(H,13,14)/t8-,9+,10-/m1/s1. The van der Waals surface area contributed by atoms with E-state index < -0.39 is 0 Å². The summed E-state index contributed by atoms with van der Waals surface area (Å²) in [6.07, 6.45) is 3.40. The van der Waals surface area contributed by atoms with E-state index >= 15 is 0 Å². The van der Waals surface area contributed by atoms with Gasteiger partial charge in [-0.05, 0) is 30.6 Å². The van der Waals surface area contributed by atoms with Crippen molar-refractivity contribution in [3.63, 3.8) is 0 Å². The first-order valence-corrected chi connectivity index (χ1v) is 5.56. The first-order chi connectivity index (χ1) is 6.56. The van der Waals surface area contributed by atoms with Crippen LogP contribution in [-0.4, -0.2) is 5.91 Å². The van der Waals surface area contributed by atoms with E-state index in [-0.39, 0.29) is 11.8 Å². The van der Waals surface area contributed by atoms with Gasteiger partial charge in [0, 0.05) is 5.92 Å². The number of hydrogen-bond acceptors (Lipinski definition) is 2. The summed E-state index contributed by atoms with van der Waals surface area (Å²) < 4.78 is 0. The van der Waals surface area contributed by atoms with Crippen molar-refractivity contribution in [2.75, 3.05) is 0 Å². The number of amides is 1. The summed E-state index contributed by atoms with van der Waals surface area (Å²) in [6.45, 7) is 6.60. The van der Waals surface area contributed by atoms with Crippen molar-refractivity contribution in [1.29, 1.82) is 0 Å². The molecule has 0 spiro atoms. The number of hydrogen-bond donors (Lipinski definition) is 2. The number of nitrogens with two attached hydrogens (primary N) is 1. The molecular weight excluding hydrogens is 176 g/mol. The lowest BCUT2D eigenvalue weighted by Gasteiger charge is -2.35. The molecule has 3 atom stereocenters. The van der Waals surface area contributed by atoms with Gasteiger partial charge in [0.15, 0.2) is 0 Å². The minimum Gasteiger partial charge on any atom is -0.294 e. The molecule has 0 aliphatic heterocycles. The Bertz CT molecular complexity index is 203. The summed E-state index contributed by atoms with van der Waals surface area (Å²) in [5, 5.41) is 0. The molecule has 1 aliphatic carbocycles. The van der Waals surface area contributed by atoms with E-state index in [0.717, 1.165) is 12.8 Å². The van der Waals surface area contributed by atoms with Gasteiger partial charge in [0.1, 0.15) is 0 Å². The number of nitrogens with one attached hydrogen (secondary N) is 1. The third-order valence-electron chi connectivity index (χ3n) is 3.50. The third-order valence-corrected chi connectivity index (χ3v) is 3.50. The Morgan fingerprint density at radius 1 is 1.43 bits per heavy atom. The van der Waals surface area contributed by atoms with Gasteiger partial charge in [-0.25, -0.2) is 5.84 Å². The van der Waals surface area contributed by atoms with E-state index in [1.807, 2.05) is 0 Å². The Kier molecular flexibility index (Phi) is 3.93. The van der Waals surface area contributed by atoms with Crippen molar-refractivity contribution < 1.29 is 4.79 Å². The topological polar surface area (TPSA) is 55.1 Å². The summed E-state index contributed by atoms with van der Waals surface area (Å²) in [6, 6.07) is 0. The lowest BCUT2D eigenvalue weighted by atomic mass is 9.70. The van der Waals surface area contributed by atoms with Crippen LogP contribution < -0.4 is 11.3 Å². The summed E-state index contributed by atoms with van der Waals surface area (Å²) in [5.74, 6) is 7.11. The van der Waals surface area contributed by atoms with Crippen molar-refractivity contribution in [2.45, 2.75) is 40.0 Å². The van der Waals surface area contributed by atoms with Crippen molar-refractivity contribution in [1.82, 2.24) is 5.43 Å². The van der Waals surface area contributed by atoms with Crippen LogP contribution >= 0.6 is 0 Å². The largest absolute Gasteiger partial charge is 0.294 e. The zero-order valence-electron chi connectivity index (χ0n) is 9.42. The Hall–Kier alpha value is -0.570. The fourth-order valence-corrected chi connectivity index (χ4v) is 2.61. The lowest BCUT2D eigenvalue weighted by Crippen LogP contribution is -2.43. The zero-order valence-corrected chi connectivity index (χ0v) is 9.42. The van der Waals surface area contributed by atoms with E-state index in [1.165, 1.54) is 6.42 Å². The second kappa shape index (κ2) is 4.78. The van der Waals surface area contributed by atoms with Crippen LogP contribution in [-0.2, 0) is 4.79 Å². The van der Waals surface area contributed by atoms with Gasteiger partial charge in [-0.15, -0.1) is 0 Å². The molecule has 1 aliphatic rings. The molecule has 0 saturated heterocycles. The summed E-state index contributed by atoms with van der Waals surface area (Å²) >= 11 is 0. The summed E-state index contributed by atoms with van der Waals surface area (Å²) in [4.78, 5) is 11.6. The van der Waals surface area contributed by atoms with Gasteiger partial charge in [0.25, 0.3) is 0 Å². The number of rotatable bonds is 2. The summed E-state index contributed by atoms with van der Waals surface area (Å²) in [5.41, 5.74) is 2.30. The van der Waals surface area contributed by atoms with E-state index in [2.05, 4.69) is 26.2 Å². The predicted molar refractivity (Wildman–Crippen MR) is 57.2 cm³/mol. The van der Waals surface area contributed by atoms with Crippen molar-refractivity contribution >= 4 is 5.91 Å². The zero-order chi connectivity index (χ0) is 10.7. The molecule has 0 heterocycles. The molecule has 1 fully saturated rings. The maximum absolute atomic E-state index is 11.6. The van der Waals surface area contributed by atoms with Crippen LogP contribution in [0, 0.1) is 23.7 Å². The normalized spacial score (nSPS) is 33.1. The Labute approximate surface area is 86.4 Å². The van der Waals surface area contributed by atoms with Gasteiger partial charge >= 0.3 is 0 Å². The quantitative estimate of drug-likeness (QED) is 0.403. The summed E-state index contributed by atoms with van der Waals surface area (Å²) in [7, 11) is 0. The second-order valence-corrected chi connectivity index (χ2v) is 4.94. The highest BCUT2D eigenvalue weighted by atomic mass is 16.2.